The van der Waals surface area contributed by atoms with Crippen molar-refractivity contribution < 1.29 is 4.79 Å². The molecule has 0 N–H and O–H groups in total. The Kier molecular flexibility index (Phi) is 3.86. The quantitative estimate of drug-likeness (QED) is 0.729. The molecule has 2 aromatic carbocycles. The first-order valence-corrected chi connectivity index (χ1v) is 7.72. The second kappa shape index (κ2) is 5.96. The van der Waals surface area contributed by atoms with Crippen LogP contribution in [0.3, 0.4) is 0 Å². The zero-order valence-electron chi connectivity index (χ0n) is 12.0. The lowest BCUT2D eigenvalue weighted by Crippen LogP contribution is -2.15. The number of fused-ring (bicyclic) bond motifs is 1. The van der Waals surface area contributed by atoms with Crippen molar-refractivity contribution in [3.63, 3.8) is 0 Å². The van der Waals surface area contributed by atoms with Crippen molar-refractivity contribution in [2.75, 3.05) is 0 Å². The number of nitrogens with zero attached hydrogens (tertiary/aromatic N) is 3. The third-order valence-electron chi connectivity index (χ3n) is 3.36. The van der Waals surface area contributed by atoms with E-state index in [9.17, 15) is 4.79 Å². The van der Waals surface area contributed by atoms with E-state index < -0.39 is 0 Å². The fraction of sp³-hybridized carbons (Fsp3) is 0.118. The van der Waals surface area contributed by atoms with Gasteiger partial charge in [0.1, 0.15) is 0 Å². The molecular formula is C17H13N3OS. The van der Waals surface area contributed by atoms with Crippen LogP contribution in [0.4, 0.5) is 0 Å². The molecule has 4 nitrogen and oxygen atoms in total. The van der Waals surface area contributed by atoms with Gasteiger partial charge in [0.25, 0.3) is 5.91 Å². The van der Waals surface area contributed by atoms with Crippen molar-refractivity contribution in [3.05, 3.63) is 64.5 Å². The minimum absolute atomic E-state index is 0.293. The maximum Gasteiger partial charge on any atom is 0.279 e. The normalized spacial score (nSPS) is 11.5. The van der Waals surface area contributed by atoms with E-state index in [0.717, 1.165) is 16.8 Å². The summed E-state index contributed by atoms with van der Waals surface area (Å²) < 4.78 is 3.14. The van der Waals surface area contributed by atoms with Gasteiger partial charge < -0.3 is 4.57 Å². The molecule has 1 aromatic heterocycles. The number of carbonyl (C=O) groups is 1. The number of carbonyl (C=O) groups excluding carboxylic acids is 1. The zero-order chi connectivity index (χ0) is 15.5. The summed E-state index contributed by atoms with van der Waals surface area (Å²) in [7, 11) is 0. The molecule has 5 heteroatoms. The summed E-state index contributed by atoms with van der Waals surface area (Å²) in [6.07, 6.45) is 0. The minimum atomic E-state index is -0.293. The van der Waals surface area contributed by atoms with Crippen LogP contribution in [0.25, 0.3) is 10.2 Å². The van der Waals surface area contributed by atoms with Crippen molar-refractivity contribution in [1.82, 2.24) is 4.57 Å². The molecule has 22 heavy (non-hydrogen) atoms. The van der Waals surface area contributed by atoms with Crippen LogP contribution in [-0.4, -0.2) is 10.5 Å². The highest BCUT2D eigenvalue weighted by Gasteiger charge is 2.08. The van der Waals surface area contributed by atoms with Gasteiger partial charge in [-0.05, 0) is 43.3 Å². The highest BCUT2D eigenvalue weighted by molar-refractivity contribution is 7.16. The van der Waals surface area contributed by atoms with Gasteiger partial charge in [-0.1, -0.05) is 23.5 Å². The Bertz CT molecular complexity index is 942. The number of thiazole rings is 1. The number of aryl methyl sites for hydroxylation is 1. The second-order valence-electron chi connectivity index (χ2n) is 4.70. The van der Waals surface area contributed by atoms with Gasteiger partial charge in [0.2, 0.25) is 0 Å². The standard InChI is InChI=1S/C17H13N3OS/c1-2-20-14-5-3-4-6-15(14)22-17(20)19-16(21)13-9-7-12(11-18)8-10-13/h3-10H,2H2,1H3. The Hall–Kier alpha value is -2.71. The van der Waals surface area contributed by atoms with Crippen molar-refractivity contribution in [1.29, 1.82) is 5.26 Å². The van der Waals surface area contributed by atoms with Gasteiger partial charge in [-0.3, -0.25) is 4.79 Å². The van der Waals surface area contributed by atoms with Crippen LogP contribution >= 0.6 is 11.3 Å². The molecule has 3 aromatic rings. The predicted molar refractivity (Wildman–Crippen MR) is 86.5 cm³/mol. The maximum atomic E-state index is 12.3. The molecule has 1 heterocycles. The maximum absolute atomic E-state index is 12.3. The predicted octanol–water partition coefficient (Wildman–Crippen LogP) is 3.34. The van der Waals surface area contributed by atoms with Gasteiger partial charge in [0.05, 0.1) is 21.8 Å². The summed E-state index contributed by atoms with van der Waals surface area (Å²) >= 11 is 1.50. The highest BCUT2D eigenvalue weighted by atomic mass is 32.1. The lowest BCUT2D eigenvalue weighted by molar-refractivity contribution is 0.0998. The molecule has 3 rings (SSSR count). The fourth-order valence-electron chi connectivity index (χ4n) is 2.25. The van der Waals surface area contributed by atoms with E-state index in [2.05, 4.69) is 4.99 Å². The number of benzene rings is 2. The SMILES string of the molecule is CCn1c(=NC(=O)c2ccc(C#N)cc2)sc2ccccc21. The third-order valence-corrected chi connectivity index (χ3v) is 4.42. The van der Waals surface area contributed by atoms with E-state index in [4.69, 9.17) is 5.26 Å². The molecule has 0 radical (unpaired) electrons. The number of aromatic nitrogens is 1. The molecule has 0 spiro atoms. The Morgan fingerprint density at radius 2 is 1.95 bits per heavy atom. The van der Waals surface area contributed by atoms with Crippen LogP contribution in [0.1, 0.15) is 22.8 Å². The summed E-state index contributed by atoms with van der Waals surface area (Å²) in [5.74, 6) is -0.293. The van der Waals surface area contributed by atoms with E-state index in [1.54, 1.807) is 24.3 Å². The molecule has 0 saturated heterocycles. The van der Waals surface area contributed by atoms with Crippen LogP contribution in [0, 0.1) is 11.3 Å². The van der Waals surface area contributed by atoms with E-state index in [-0.39, 0.29) is 5.91 Å². The Morgan fingerprint density at radius 1 is 1.23 bits per heavy atom. The van der Waals surface area contributed by atoms with Crippen LogP contribution in [0.2, 0.25) is 0 Å². The van der Waals surface area contributed by atoms with Crippen LogP contribution in [-0.2, 0) is 6.54 Å². The highest BCUT2D eigenvalue weighted by Crippen LogP contribution is 2.16. The number of amides is 1. The van der Waals surface area contributed by atoms with Gasteiger partial charge in [-0.15, -0.1) is 0 Å². The molecule has 0 saturated carbocycles. The molecule has 108 valence electrons. The molecular weight excluding hydrogens is 294 g/mol. The average molecular weight is 307 g/mol. The van der Waals surface area contributed by atoms with E-state index >= 15 is 0 Å². The van der Waals surface area contributed by atoms with Gasteiger partial charge in [-0.2, -0.15) is 10.3 Å². The molecule has 1 amide bonds. The topological polar surface area (TPSA) is 58.1 Å². The van der Waals surface area contributed by atoms with Gasteiger partial charge >= 0.3 is 0 Å². The number of para-hydroxylation sites is 1. The van der Waals surface area contributed by atoms with E-state index in [0.29, 0.717) is 15.9 Å². The summed E-state index contributed by atoms with van der Waals surface area (Å²) in [6, 6.07) is 16.6. The Labute approximate surface area is 131 Å². The van der Waals surface area contributed by atoms with Crippen LogP contribution in [0.5, 0.6) is 0 Å². The largest absolute Gasteiger partial charge is 0.317 e. The Balaban J connectivity index is 2.07. The van der Waals surface area contributed by atoms with Crippen molar-refractivity contribution >= 4 is 27.5 Å². The summed E-state index contributed by atoms with van der Waals surface area (Å²) in [4.78, 5) is 17.2. The van der Waals surface area contributed by atoms with Crippen LogP contribution < -0.4 is 4.80 Å². The molecule has 0 unspecified atom stereocenters. The summed E-state index contributed by atoms with van der Waals surface area (Å²) in [6.45, 7) is 2.79. The average Bonchev–Trinajstić information content (AvgIpc) is 2.91. The molecule has 0 bridgehead atoms. The monoisotopic (exact) mass is 307 g/mol. The number of rotatable bonds is 2. The zero-order valence-corrected chi connectivity index (χ0v) is 12.8. The smallest absolute Gasteiger partial charge is 0.279 e. The van der Waals surface area contributed by atoms with Gasteiger partial charge in [0, 0.05) is 12.1 Å². The Morgan fingerprint density at radius 3 is 2.64 bits per heavy atom. The van der Waals surface area contributed by atoms with Crippen LogP contribution in [0.15, 0.2) is 53.5 Å². The van der Waals surface area contributed by atoms with Gasteiger partial charge in [-0.25, -0.2) is 0 Å². The molecule has 0 fully saturated rings. The van der Waals surface area contributed by atoms with E-state index in [1.165, 1.54) is 11.3 Å². The number of nitriles is 1. The lowest BCUT2D eigenvalue weighted by Gasteiger charge is -1.99. The lowest BCUT2D eigenvalue weighted by atomic mass is 10.1. The molecule has 0 aliphatic heterocycles. The van der Waals surface area contributed by atoms with Crippen molar-refractivity contribution in [2.45, 2.75) is 13.5 Å². The second-order valence-corrected chi connectivity index (χ2v) is 5.71. The third kappa shape index (κ3) is 2.57. The molecule has 0 aliphatic carbocycles. The first-order valence-electron chi connectivity index (χ1n) is 6.90. The summed E-state index contributed by atoms with van der Waals surface area (Å²) in [5, 5.41) is 8.79. The fourth-order valence-corrected chi connectivity index (χ4v) is 3.34. The number of hydrogen-bond donors (Lipinski definition) is 0. The minimum Gasteiger partial charge on any atom is -0.317 e. The van der Waals surface area contributed by atoms with Crippen molar-refractivity contribution in [2.24, 2.45) is 4.99 Å². The first kappa shape index (κ1) is 14.2. The number of hydrogen-bond acceptors (Lipinski definition) is 3. The van der Waals surface area contributed by atoms with Crippen molar-refractivity contribution in [3.8, 4) is 6.07 Å². The molecule has 0 atom stereocenters. The van der Waals surface area contributed by atoms with E-state index in [1.807, 2.05) is 41.8 Å². The molecule has 0 aliphatic rings. The van der Waals surface area contributed by atoms with Gasteiger partial charge in [0.15, 0.2) is 4.80 Å². The summed E-state index contributed by atoms with van der Waals surface area (Å²) in [5.41, 5.74) is 2.10. The first-order chi connectivity index (χ1) is 10.7.